The van der Waals surface area contributed by atoms with E-state index < -0.39 is 17.9 Å². The maximum Gasteiger partial charge on any atom is 0.271 e. The molecule has 0 spiro atoms. The Kier molecular flexibility index (Phi) is 4.15. The molecule has 1 heterocycles. The van der Waals surface area contributed by atoms with Gasteiger partial charge in [0.15, 0.2) is 0 Å². The van der Waals surface area contributed by atoms with Crippen molar-refractivity contribution >= 4 is 23.4 Å². The van der Waals surface area contributed by atoms with Crippen molar-refractivity contribution in [3.8, 4) is 0 Å². The molecule has 0 aliphatic rings. The summed E-state index contributed by atoms with van der Waals surface area (Å²) in [6.07, 6.45) is 0.958. The number of carbonyl (C=O) groups is 2. The first-order valence-electron chi connectivity index (χ1n) is 4.24. The van der Waals surface area contributed by atoms with Gasteiger partial charge in [0.1, 0.15) is 17.0 Å². The second-order valence-electron chi connectivity index (χ2n) is 2.85. The number of primary amides is 1. The van der Waals surface area contributed by atoms with Crippen molar-refractivity contribution in [3.63, 3.8) is 0 Å². The van der Waals surface area contributed by atoms with E-state index in [0.717, 1.165) is 0 Å². The van der Waals surface area contributed by atoms with E-state index in [1.807, 2.05) is 0 Å². The largest absolute Gasteiger partial charge is 0.381 e. The van der Waals surface area contributed by atoms with Crippen molar-refractivity contribution in [2.75, 3.05) is 6.54 Å². The first-order chi connectivity index (χ1) is 7.50. The molecule has 0 bridgehead atoms. The van der Waals surface area contributed by atoms with Crippen LogP contribution in [0.3, 0.4) is 0 Å². The van der Waals surface area contributed by atoms with E-state index in [1.165, 1.54) is 12.4 Å². The molecule has 1 unspecified atom stereocenters. The maximum atomic E-state index is 11.4. The fraction of sp³-hybridized carbons (Fsp3) is 0.250. The Morgan fingerprint density at radius 2 is 2.19 bits per heavy atom. The fourth-order valence-electron chi connectivity index (χ4n) is 0.810. The number of nitrogens with zero attached hydrogens (tertiary/aromatic N) is 2. The molecule has 86 valence electrons. The van der Waals surface area contributed by atoms with E-state index in [9.17, 15) is 9.59 Å². The molecule has 1 aromatic rings. The molecule has 0 saturated heterocycles. The minimum atomic E-state index is -1.43. The molecular formula is C8H9ClN4O3. The van der Waals surface area contributed by atoms with E-state index in [-0.39, 0.29) is 17.4 Å². The molecule has 0 aromatic carbocycles. The standard InChI is InChI=1S/C8H9ClN4O3/c9-6-3-11-4(1-12-6)8(16)13-2-5(14)7(10)15/h1,3,5,14H,2H2,(H2,10,15)(H,13,16). The zero-order chi connectivity index (χ0) is 12.1. The normalized spacial score (nSPS) is 11.9. The van der Waals surface area contributed by atoms with Crippen LogP contribution in [0.2, 0.25) is 5.15 Å². The fourth-order valence-corrected chi connectivity index (χ4v) is 0.908. The molecule has 0 aliphatic heterocycles. The van der Waals surface area contributed by atoms with E-state index in [1.54, 1.807) is 0 Å². The zero-order valence-corrected chi connectivity index (χ0v) is 8.81. The Bertz CT molecular complexity index is 395. The predicted molar refractivity (Wildman–Crippen MR) is 54.6 cm³/mol. The van der Waals surface area contributed by atoms with Gasteiger partial charge in [0, 0.05) is 0 Å². The number of nitrogens with one attached hydrogen (secondary N) is 1. The molecule has 7 nitrogen and oxygen atoms in total. The third kappa shape index (κ3) is 3.44. The number of halogens is 1. The molecule has 4 N–H and O–H groups in total. The molecule has 0 saturated carbocycles. The minimum Gasteiger partial charge on any atom is -0.381 e. The summed E-state index contributed by atoms with van der Waals surface area (Å²) in [5, 5.41) is 11.4. The molecule has 2 amide bonds. The van der Waals surface area contributed by atoms with Gasteiger partial charge in [0.05, 0.1) is 18.9 Å². The smallest absolute Gasteiger partial charge is 0.271 e. The lowest BCUT2D eigenvalue weighted by molar-refractivity contribution is -0.125. The van der Waals surface area contributed by atoms with Gasteiger partial charge in [-0.1, -0.05) is 11.6 Å². The van der Waals surface area contributed by atoms with Crippen molar-refractivity contribution in [1.29, 1.82) is 0 Å². The quantitative estimate of drug-likeness (QED) is 0.609. The topological polar surface area (TPSA) is 118 Å². The van der Waals surface area contributed by atoms with Crippen LogP contribution in [0.4, 0.5) is 0 Å². The van der Waals surface area contributed by atoms with E-state index in [0.29, 0.717) is 0 Å². The van der Waals surface area contributed by atoms with Gasteiger partial charge < -0.3 is 16.2 Å². The lowest BCUT2D eigenvalue weighted by atomic mass is 10.3. The van der Waals surface area contributed by atoms with Gasteiger partial charge >= 0.3 is 0 Å². The van der Waals surface area contributed by atoms with Gasteiger partial charge in [-0.25, -0.2) is 9.97 Å². The summed E-state index contributed by atoms with van der Waals surface area (Å²) in [7, 11) is 0. The first-order valence-corrected chi connectivity index (χ1v) is 4.61. The Morgan fingerprint density at radius 3 is 2.69 bits per heavy atom. The van der Waals surface area contributed by atoms with Crippen LogP contribution in [0.15, 0.2) is 12.4 Å². The number of hydrogen-bond donors (Lipinski definition) is 3. The number of amides is 2. The van der Waals surface area contributed by atoms with Gasteiger partial charge in [0.2, 0.25) is 5.91 Å². The third-order valence-electron chi connectivity index (χ3n) is 1.64. The van der Waals surface area contributed by atoms with Crippen LogP contribution in [-0.4, -0.2) is 39.5 Å². The molecule has 0 fully saturated rings. The molecule has 0 aliphatic carbocycles. The summed E-state index contributed by atoms with van der Waals surface area (Å²) < 4.78 is 0. The second-order valence-corrected chi connectivity index (χ2v) is 3.24. The van der Waals surface area contributed by atoms with Gasteiger partial charge in [-0.15, -0.1) is 0 Å². The van der Waals surface area contributed by atoms with Crippen molar-refractivity contribution in [2.24, 2.45) is 5.73 Å². The number of rotatable bonds is 4. The van der Waals surface area contributed by atoms with Crippen molar-refractivity contribution in [2.45, 2.75) is 6.10 Å². The first kappa shape index (κ1) is 12.3. The summed E-state index contributed by atoms with van der Waals surface area (Å²) in [6, 6.07) is 0. The van der Waals surface area contributed by atoms with Crippen molar-refractivity contribution in [3.05, 3.63) is 23.2 Å². The predicted octanol–water partition coefficient (Wildman–Crippen LogP) is -1.29. The molecule has 1 atom stereocenters. The maximum absolute atomic E-state index is 11.4. The highest BCUT2D eigenvalue weighted by Crippen LogP contribution is 2.00. The Labute approximate surface area is 95.6 Å². The highest BCUT2D eigenvalue weighted by atomic mass is 35.5. The van der Waals surface area contributed by atoms with Gasteiger partial charge in [-0.05, 0) is 0 Å². The monoisotopic (exact) mass is 244 g/mol. The molecule has 1 aromatic heterocycles. The van der Waals surface area contributed by atoms with Crippen LogP contribution < -0.4 is 11.1 Å². The Hall–Kier alpha value is -1.73. The van der Waals surface area contributed by atoms with Gasteiger partial charge in [-0.3, -0.25) is 9.59 Å². The van der Waals surface area contributed by atoms with Crippen LogP contribution in [0.1, 0.15) is 10.5 Å². The van der Waals surface area contributed by atoms with Crippen molar-refractivity contribution < 1.29 is 14.7 Å². The number of aliphatic hydroxyl groups is 1. The number of carbonyl (C=O) groups excluding carboxylic acids is 2. The lowest BCUT2D eigenvalue weighted by Gasteiger charge is -2.07. The molecule has 8 heteroatoms. The SMILES string of the molecule is NC(=O)C(O)CNC(=O)c1cnc(Cl)cn1. The number of aliphatic hydroxyl groups excluding tert-OH is 1. The van der Waals surface area contributed by atoms with Gasteiger partial charge in [0.25, 0.3) is 5.91 Å². The molecule has 16 heavy (non-hydrogen) atoms. The summed E-state index contributed by atoms with van der Waals surface area (Å²) in [5.41, 5.74) is 4.82. The summed E-state index contributed by atoms with van der Waals surface area (Å²) in [5.74, 6) is -1.49. The van der Waals surface area contributed by atoms with Crippen LogP contribution in [0, 0.1) is 0 Å². The van der Waals surface area contributed by atoms with Crippen LogP contribution in [-0.2, 0) is 4.79 Å². The Balaban J connectivity index is 2.53. The van der Waals surface area contributed by atoms with Gasteiger partial charge in [-0.2, -0.15) is 0 Å². The zero-order valence-electron chi connectivity index (χ0n) is 8.05. The summed E-state index contributed by atoms with van der Waals surface area (Å²) in [6.45, 7) is -0.279. The van der Waals surface area contributed by atoms with Crippen molar-refractivity contribution in [1.82, 2.24) is 15.3 Å². The van der Waals surface area contributed by atoms with E-state index >= 15 is 0 Å². The molecule has 0 radical (unpaired) electrons. The average molecular weight is 245 g/mol. The van der Waals surface area contributed by atoms with E-state index in [2.05, 4.69) is 15.3 Å². The summed E-state index contributed by atoms with van der Waals surface area (Å²) >= 11 is 5.48. The van der Waals surface area contributed by atoms with Crippen LogP contribution in [0.5, 0.6) is 0 Å². The number of nitrogens with two attached hydrogens (primary N) is 1. The highest BCUT2D eigenvalue weighted by molar-refractivity contribution is 6.29. The van der Waals surface area contributed by atoms with Crippen LogP contribution in [0.25, 0.3) is 0 Å². The second kappa shape index (κ2) is 5.38. The average Bonchev–Trinajstić information content (AvgIpc) is 2.26. The third-order valence-corrected chi connectivity index (χ3v) is 1.83. The van der Waals surface area contributed by atoms with Crippen LogP contribution >= 0.6 is 11.6 Å². The lowest BCUT2D eigenvalue weighted by Crippen LogP contribution is -2.40. The summed E-state index contributed by atoms with van der Waals surface area (Å²) in [4.78, 5) is 29.2. The number of aromatic nitrogens is 2. The minimum absolute atomic E-state index is 0.0288. The highest BCUT2D eigenvalue weighted by Gasteiger charge is 2.13. The Morgan fingerprint density at radius 1 is 1.50 bits per heavy atom. The van der Waals surface area contributed by atoms with E-state index in [4.69, 9.17) is 22.4 Å². The molecule has 1 rings (SSSR count). The molecular weight excluding hydrogens is 236 g/mol. The number of hydrogen-bond acceptors (Lipinski definition) is 5.